The number of benzene rings is 2. The van der Waals surface area contributed by atoms with Gasteiger partial charge in [0.05, 0.1) is 5.69 Å². The molecule has 0 atom stereocenters. The van der Waals surface area contributed by atoms with Crippen molar-refractivity contribution in [3.05, 3.63) is 78.5 Å². The van der Waals surface area contributed by atoms with Gasteiger partial charge in [0.25, 0.3) is 5.56 Å². The van der Waals surface area contributed by atoms with Gasteiger partial charge in [0.15, 0.2) is 8.73 Å². The molecule has 1 N–H and O–H groups in total. The van der Waals surface area contributed by atoms with E-state index >= 15 is 0 Å². The topological polar surface area (TPSA) is 42.7 Å². The smallest absolute Gasteiger partial charge is 0.278 e. The lowest BCUT2D eigenvalue weighted by atomic mass is 10.1. The van der Waals surface area contributed by atoms with Crippen LogP contribution in [0.4, 0.5) is 4.39 Å². The van der Waals surface area contributed by atoms with Crippen molar-refractivity contribution >= 4 is 46.1 Å². The van der Waals surface area contributed by atoms with Gasteiger partial charge in [0.2, 0.25) is 0 Å². The average Bonchev–Trinajstić information content (AvgIpc) is 2.95. The van der Waals surface area contributed by atoms with E-state index in [1.54, 1.807) is 0 Å². The number of rotatable bonds is 2. The number of hydrogen-bond donors (Lipinski definition) is 1. The van der Waals surface area contributed by atoms with Gasteiger partial charge in [-0.2, -0.15) is 0 Å². The van der Waals surface area contributed by atoms with Crippen molar-refractivity contribution in [3.8, 4) is 11.4 Å². The Hall–Kier alpha value is -2.42. The highest BCUT2D eigenvalue weighted by molar-refractivity contribution is 7.73. The van der Waals surface area contributed by atoms with Crippen molar-refractivity contribution in [3.63, 3.8) is 0 Å². The highest BCUT2D eigenvalue weighted by Gasteiger charge is 2.15. The number of hydrogen-bond acceptors (Lipinski definition) is 4. The van der Waals surface area contributed by atoms with Gasteiger partial charge in [-0.15, -0.1) is 0 Å². The van der Waals surface area contributed by atoms with E-state index in [9.17, 15) is 9.18 Å². The summed E-state index contributed by atoms with van der Waals surface area (Å²) in [6, 6.07) is 11.6. The second kappa shape index (κ2) is 6.63. The quantitative estimate of drug-likeness (QED) is 0.447. The van der Waals surface area contributed by atoms with E-state index in [2.05, 4.69) is 4.98 Å². The summed E-state index contributed by atoms with van der Waals surface area (Å²) in [5.41, 5.74) is 3.98. The molecule has 0 aliphatic heterocycles. The van der Waals surface area contributed by atoms with E-state index in [-0.39, 0.29) is 16.1 Å². The SMILES string of the molecule is Cc1ccc(-n2c(=S)sc3c(=O)n(-c4ccc(F)cc4)c(=S)[nH]c32)cc1C. The van der Waals surface area contributed by atoms with Crippen molar-refractivity contribution in [2.75, 3.05) is 0 Å². The molecule has 4 nitrogen and oxygen atoms in total. The molecule has 0 saturated heterocycles. The summed E-state index contributed by atoms with van der Waals surface area (Å²) in [4.78, 5) is 16.2. The van der Waals surface area contributed by atoms with Gasteiger partial charge in [-0.3, -0.25) is 13.9 Å². The van der Waals surface area contributed by atoms with Crippen molar-refractivity contribution in [1.29, 1.82) is 0 Å². The molecular formula is C19H14FN3OS3. The number of aromatic nitrogens is 3. The predicted octanol–water partition coefficient (Wildman–Crippen LogP) is 5.39. The van der Waals surface area contributed by atoms with E-state index in [0.717, 1.165) is 11.3 Å². The summed E-state index contributed by atoms with van der Waals surface area (Å²) in [7, 11) is 0. The number of H-pyrrole nitrogens is 1. The van der Waals surface area contributed by atoms with Gasteiger partial charge in [-0.25, -0.2) is 4.39 Å². The molecule has 0 aliphatic rings. The van der Waals surface area contributed by atoms with Gasteiger partial charge >= 0.3 is 0 Å². The lowest BCUT2D eigenvalue weighted by Crippen LogP contribution is -2.20. The third-order valence-electron chi connectivity index (χ3n) is 4.47. The van der Waals surface area contributed by atoms with Crippen LogP contribution < -0.4 is 5.56 Å². The molecule has 2 aromatic carbocycles. The fraction of sp³-hybridized carbons (Fsp3) is 0.105. The summed E-state index contributed by atoms with van der Waals surface area (Å²) in [6.07, 6.45) is 0. The second-order valence-corrected chi connectivity index (χ2v) is 8.23. The number of fused-ring (bicyclic) bond motifs is 1. The van der Waals surface area contributed by atoms with Crippen molar-refractivity contribution in [2.24, 2.45) is 0 Å². The molecule has 4 rings (SSSR count). The van der Waals surface area contributed by atoms with Gasteiger partial charge < -0.3 is 4.98 Å². The molecule has 8 heteroatoms. The van der Waals surface area contributed by atoms with Crippen LogP contribution in [-0.2, 0) is 0 Å². The van der Waals surface area contributed by atoms with Crippen molar-refractivity contribution in [1.82, 2.24) is 14.1 Å². The molecule has 4 aromatic rings. The minimum absolute atomic E-state index is 0.226. The van der Waals surface area contributed by atoms with E-state index in [4.69, 9.17) is 24.4 Å². The lowest BCUT2D eigenvalue weighted by Gasteiger charge is -2.10. The molecule has 0 saturated carbocycles. The van der Waals surface area contributed by atoms with Crippen LogP contribution in [0.5, 0.6) is 0 Å². The molecule has 0 bridgehead atoms. The number of aromatic amines is 1. The molecule has 0 radical (unpaired) electrons. The first-order valence-corrected chi connectivity index (χ1v) is 9.74. The molecule has 136 valence electrons. The molecule has 27 heavy (non-hydrogen) atoms. The minimum atomic E-state index is -0.376. The summed E-state index contributed by atoms with van der Waals surface area (Å²) in [5.74, 6) is -0.376. The number of aryl methyl sites for hydroxylation is 2. The van der Waals surface area contributed by atoms with E-state index < -0.39 is 0 Å². The zero-order valence-corrected chi connectivity index (χ0v) is 16.9. The average molecular weight is 416 g/mol. The van der Waals surface area contributed by atoms with Gasteiger partial charge in [-0.1, -0.05) is 17.4 Å². The second-order valence-electron chi connectivity index (χ2n) is 6.20. The Morgan fingerprint density at radius 2 is 1.63 bits per heavy atom. The van der Waals surface area contributed by atoms with Crippen LogP contribution in [0.3, 0.4) is 0 Å². The first-order valence-electron chi connectivity index (χ1n) is 8.11. The monoisotopic (exact) mass is 415 g/mol. The lowest BCUT2D eigenvalue weighted by molar-refractivity contribution is 0.627. The fourth-order valence-electron chi connectivity index (χ4n) is 2.91. The van der Waals surface area contributed by atoms with Crippen LogP contribution in [0.25, 0.3) is 21.7 Å². The fourth-order valence-corrected chi connectivity index (χ4v) is 4.52. The number of nitrogens with zero attached hydrogens (tertiary/aromatic N) is 2. The Morgan fingerprint density at radius 3 is 2.30 bits per heavy atom. The molecule has 0 aliphatic carbocycles. The Labute approximate surface area is 168 Å². The number of thiazole rings is 1. The molecule has 0 unspecified atom stereocenters. The normalized spacial score (nSPS) is 11.2. The van der Waals surface area contributed by atoms with E-state index in [1.165, 1.54) is 45.7 Å². The first kappa shape index (κ1) is 18.0. The maximum Gasteiger partial charge on any atom is 0.278 e. The van der Waals surface area contributed by atoms with E-state index in [0.29, 0.717) is 20.0 Å². The van der Waals surface area contributed by atoms with Gasteiger partial charge in [-0.05, 0) is 85.8 Å². The van der Waals surface area contributed by atoms with Crippen molar-refractivity contribution in [2.45, 2.75) is 13.8 Å². The standard InChI is InChI=1S/C19H14FN3OS3/c1-10-3-6-14(9-11(10)2)22-16-15(27-19(22)26)17(24)23(18(25)21-16)13-7-4-12(20)5-8-13/h3-9H,1-2H3,(H,21,25). The number of nitrogens with one attached hydrogen (secondary N) is 1. The summed E-state index contributed by atoms with van der Waals surface area (Å²) in [5, 5.41) is 0. The third kappa shape index (κ3) is 2.99. The Kier molecular flexibility index (Phi) is 4.41. The highest BCUT2D eigenvalue weighted by Crippen LogP contribution is 2.25. The molecule has 0 amide bonds. The van der Waals surface area contributed by atoms with Crippen LogP contribution in [0.1, 0.15) is 11.1 Å². The Morgan fingerprint density at radius 1 is 0.963 bits per heavy atom. The molecule has 2 heterocycles. The molecule has 0 spiro atoms. The van der Waals surface area contributed by atoms with Crippen molar-refractivity contribution < 1.29 is 4.39 Å². The van der Waals surface area contributed by atoms with Crippen LogP contribution >= 0.6 is 35.8 Å². The first-order chi connectivity index (χ1) is 12.9. The summed E-state index contributed by atoms with van der Waals surface area (Å²) < 4.78 is 17.7. The van der Waals surface area contributed by atoms with E-state index in [1.807, 2.05) is 36.6 Å². The Balaban J connectivity index is 2.03. The van der Waals surface area contributed by atoms with Crippen LogP contribution in [0.2, 0.25) is 0 Å². The maximum absolute atomic E-state index is 13.2. The van der Waals surface area contributed by atoms with Gasteiger partial charge in [0.1, 0.15) is 16.2 Å². The largest absolute Gasteiger partial charge is 0.316 e. The zero-order chi connectivity index (χ0) is 19.3. The van der Waals surface area contributed by atoms with Crippen LogP contribution in [0.15, 0.2) is 47.3 Å². The molecular weight excluding hydrogens is 401 g/mol. The van der Waals surface area contributed by atoms with Crippen LogP contribution in [0, 0.1) is 28.4 Å². The van der Waals surface area contributed by atoms with Gasteiger partial charge in [0, 0.05) is 5.69 Å². The number of halogens is 1. The zero-order valence-electron chi connectivity index (χ0n) is 14.4. The maximum atomic E-state index is 13.2. The minimum Gasteiger partial charge on any atom is -0.316 e. The molecule has 2 aromatic heterocycles. The highest BCUT2D eigenvalue weighted by atomic mass is 32.1. The summed E-state index contributed by atoms with van der Waals surface area (Å²) in [6.45, 7) is 4.07. The van der Waals surface area contributed by atoms with Crippen LogP contribution in [-0.4, -0.2) is 14.1 Å². The molecule has 0 fully saturated rings. The third-order valence-corrected chi connectivity index (χ3v) is 6.12. The Bertz CT molecular complexity index is 1360. The summed E-state index contributed by atoms with van der Waals surface area (Å²) >= 11 is 12.2. The predicted molar refractivity (Wildman–Crippen MR) is 112 cm³/mol.